The van der Waals surface area contributed by atoms with Crippen LogP contribution in [0.15, 0.2) is 18.2 Å². The van der Waals surface area contributed by atoms with Gasteiger partial charge in [-0.3, -0.25) is 0 Å². The molecule has 1 aromatic carbocycles. The largest absolute Gasteiger partial charge is 0.493 e. The molecular formula is C18H29NO. The summed E-state index contributed by atoms with van der Waals surface area (Å²) in [6, 6.07) is 7.12. The van der Waals surface area contributed by atoms with Crippen LogP contribution in [0.5, 0.6) is 5.75 Å². The predicted octanol–water partition coefficient (Wildman–Crippen LogP) is 4.34. The van der Waals surface area contributed by atoms with Gasteiger partial charge in [-0.05, 0) is 34.9 Å². The summed E-state index contributed by atoms with van der Waals surface area (Å²) < 4.78 is 5.59. The molecular weight excluding hydrogens is 246 g/mol. The molecule has 0 aromatic heterocycles. The Hall–Kier alpha value is -1.02. The van der Waals surface area contributed by atoms with Gasteiger partial charge in [-0.2, -0.15) is 0 Å². The molecule has 0 radical (unpaired) electrons. The second-order valence-corrected chi connectivity index (χ2v) is 6.95. The van der Waals surface area contributed by atoms with Gasteiger partial charge in [0.2, 0.25) is 0 Å². The molecule has 1 N–H and O–H groups in total. The Bertz CT molecular complexity index is 451. The van der Waals surface area contributed by atoms with Crippen LogP contribution in [0.25, 0.3) is 0 Å². The molecule has 1 atom stereocenters. The lowest BCUT2D eigenvalue weighted by Crippen LogP contribution is -2.35. The Morgan fingerprint density at radius 1 is 1.30 bits per heavy atom. The fourth-order valence-electron chi connectivity index (χ4n) is 2.51. The number of nitrogens with one attached hydrogen (secondary N) is 1. The zero-order valence-electron chi connectivity index (χ0n) is 13.6. The minimum Gasteiger partial charge on any atom is -0.493 e. The van der Waals surface area contributed by atoms with E-state index in [1.54, 1.807) is 0 Å². The third kappa shape index (κ3) is 3.35. The van der Waals surface area contributed by atoms with Crippen molar-refractivity contribution >= 4 is 0 Å². The highest BCUT2D eigenvalue weighted by molar-refractivity contribution is 5.40. The average Bonchev–Trinajstić information content (AvgIpc) is 2.86. The van der Waals surface area contributed by atoms with Crippen LogP contribution < -0.4 is 10.1 Å². The molecule has 1 aliphatic heterocycles. The minimum absolute atomic E-state index is 0.327. The van der Waals surface area contributed by atoms with Crippen molar-refractivity contribution in [3.8, 4) is 5.75 Å². The topological polar surface area (TPSA) is 21.3 Å². The molecule has 0 bridgehead atoms. The molecule has 0 aliphatic carbocycles. The zero-order chi connectivity index (χ0) is 14.8. The van der Waals surface area contributed by atoms with Crippen LogP contribution in [0.4, 0.5) is 0 Å². The van der Waals surface area contributed by atoms with Gasteiger partial charge in [0.15, 0.2) is 0 Å². The third-order valence-corrected chi connectivity index (χ3v) is 4.89. The molecule has 1 aliphatic rings. The lowest BCUT2D eigenvalue weighted by Gasteiger charge is -2.32. The van der Waals surface area contributed by atoms with Crippen molar-refractivity contribution in [2.75, 3.05) is 13.2 Å². The van der Waals surface area contributed by atoms with Gasteiger partial charge >= 0.3 is 0 Å². The highest BCUT2D eigenvalue weighted by Gasteiger charge is 2.24. The van der Waals surface area contributed by atoms with E-state index in [4.69, 9.17) is 4.74 Å². The first-order valence-electron chi connectivity index (χ1n) is 7.93. The normalized spacial score (nSPS) is 16.1. The molecule has 1 unspecified atom stereocenters. The van der Waals surface area contributed by atoms with E-state index in [2.05, 4.69) is 58.1 Å². The van der Waals surface area contributed by atoms with Crippen molar-refractivity contribution in [1.29, 1.82) is 0 Å². The van der Waals surface area contributed by atoms with E-state index < -0.39 is 0 Å². The van der Waals surface area contributed by atoms with Crippen LogP contribution >= 0.6 is 0 Å². The van der Waals surface area contributed by atoms with Crippen molar-refractivity contribution in [2.45, 2.75) is 53.5 Å². The summed E-state index contributed by atoms with van der Waals surface area (Å²) in [6.07, 6.45) is 2.17. The number of rotatable bonds is 6. The summed E-state index contributed by atoms with van der Waals surface area (Å²) in [5.41, 5.74) is 3.09. The first-order chi connectivity index (χ1) is 9.44. The minimum atomic E-state index is 0.327. The number of hydrogen-bond acceptors (Lipinski definition) is 2. The van der Waals surface area contributed by atoms with Crippen LogP contribution in [-0.2, 0) is 6.42 Å². The van der Waals surface area contributed by atoms with Crippen molar-refractivity contribution in [3.05, 3.63) is 29.3 Å². The van der Waals surface area contributed by atoms with E-state index in [0.717, 1.165) is 31.7 Å². The van der Waals surface area contributed by atoms with Crippen LogP contribution in [-0.4, -0.2) is 13.2 Å². The summed E-state index contributed by atoms with van der Waals surface area (Å²) in [5, 5.41) is 3.76. The Morgan fingerprint density at radius 2 is 2.05 bits per heavy atom. The monoisotopic (exact) mass is 275 g/mol. The smallest absolute Gasteiger partial charge is 0.122 e. The third-order valence-electron chi connectivity index (χ3n) is 4.89. The first-order valence-corrected chi connectivity index (χ1v) is 7.93. The second-order valence-electron chi connectivity index (χ2n) is 6.95. The summed E-state index contributed by atoms with van der Waals surface area (Å²) in [6.45, 7) is 13.4. The van der Waals surface area contributed by atoms with Gasteiger partial charge in [0.25, 0.3) is 0 Å². The summed E-state index contributed by atoms with van der Waals surface area (Å²) >= 11 is 0. The first kappa shape index (κ1) is 15.4. The number of benzene rings is 1. The molecule has 0 fully saturated rings. The van der Waals surface area contributed by atoms with Crippen molar-refractivity contribution in [3.63, 3.8) is 0 Å². The maximum atomic E-state index is 5.59. The van der Waals surface area contributed by atoms with Crippen molar-refractivity contribution < 1.29 is 4.74 Å². The van der Waals surface area contributed by atoms with Gasteiger partial charge in [-0.15, -0.1) is 0 Å². The van der Waals surface area contributed by atoms with Gasteiger partial charge in [-0.25, -0.2) is 0 Å². The number of hydrogen-bond donors (Lipinski definition) is 1. The van der Waals surface area contributed by atoms with Gasteiger partial charge in [0.05, 0.1) is 6.61 Å². The molecule has 1 aromatic rings. The molecule has 0 spiro atoms. The van der Waals surface area contributed by atoms with E-state index in [1.165, 1.54) is 11.1 Å². The lowest BCUT2D eigenvalue weighted by atomic mass is 9.81. The van der Waals surface area contributed by atoms with E-state index in [-0.39, 0.29) is 0 Å². The van der Waals surface area contributed by atoms with Crippen LogP contribution in [0.2, 0.25) is 0 Å². The van der Waals surface area contributed by atoms with E-state index in [9.17, 15) is 0 Å². The highest BCUT2D eigenvalue weighted by Crippen LogP contribution is 2.30. The maximum absolute atomic E-state index is 5.59. The van der Waals surface area contributed by atoms with Crippen LogP contribution in [0, 0.1) is 11.3 Å². The lowest BCUT2D eigenvalue weighted by molar-refractivity contribution is 0.227. The summed E-state index contributed by atoms with van der Waals surface area (Å²) in [7, 11) is 0. The number of fused-ring (bicyclic) bond motifs is 1. The van der Waals surface area contributed by atoms with Gasteiger partial charge in [-0.1, -0.05) is 46.8 Å². The second kappa shape index (κ2) is 6.17. The molecule has 0 amide bonds. The predicted molar refractivity (Wildman–Crippen MR) is 85.3 cm³/mol. The van der Waals surface area contributed by atoms with Gasteiger partial charge in [0, 0.05) is 19.0 Å². The van der Waals surface area contributed by atoms with E-state index >= 15 is 0 Å². The Balaban J connectivity index is 2.05. The van der Waals surface area contributed by atoms with Crippen LogP contribution in [0.1, 0.15) is 58.2 Å². The molecule has 20 heavy (non-hydrogen) atoms. The standard InChI is InChI=1S/C18H29NO/c1-6-16(19-12-18(4,5)13(2)3)14-7-8-17-15(11-14)9-10-20-17/h7-8,11,13,16,19H,6,9-10,12H2,1-5H3. The maximum Gasteiger partial charge on any atom is 0.122 e. The zero-order valence-corrected chi connectivity index (χ0v) is 13.6. The molecule has 2 heteroatoms. The molecule has 2 nitrogen and oxygen atoms in total. The van der Waals surface area contributed by atoms with E-state index in [1.807, 2.05) is 0 Å². The fraction of sp³-hybridized carbons (Fsp3) is 0.667. The Labute approximate surface area is 123 Å². The van der Waals surface area contributed by atoms with Gasteiger partial charge < -0.3 is 10.1 Å². The quantitative estimate of drug-likeness (QED) is 0.833. The van der Waals surface area contributed by atoms with Crippen molar-refractivity contribution in [2.24, 2.45) is 11.3 Å². The Kier molecular flexibility index (Phi) is 4.74. The molecule has 0 saturated carbocycles. The number of ether oxygens (including phenoxy) is 1. The van der Waals surface area contributed by atoms with Gasteiger partial charge in [0.1, 0.15) is 5.75 Å². The highest BCUT2D eigenvalue weighted by atomic mass is 16.5. The molecule has 112 valence electrons. The SMILES string of the molecule is CCC(NCC(C)(C)C(C)C)c1ccc2c(c1)CCO2. The molecule has 1 heterocycles. The average molecular weight is 275 g/mol. The van der Waals surface area contributed by atoms with Crippen LogP contribution in [0.3, 0.4) is 0 Å². The van der Waals surface area contributed by atoms with E-state index in [0.29, 0.717) is 17.4 Å². The summed E-state index contributed by atoms with van der Waals surface area (Å²) in [4.78, 5) is 0. The molecule has 0 saturated heterocycles. The molecule has 2 rings (SSSR count). The Morgan fingerprint density at radius 3 is 2.70 bits per heavy atom. The summed E-state index contributed by atoms with van der Waals surface area (Å²) in [5.74, 6) is 1.76. The van der Waals surface area contributed by atoms with Crippen molar-refractivity contribution in [1.82, 2.24) is 5.32 Å². The fourth-order valence-corrected chi connectivity index (χ4v) is 2.51.